The molecule has 0 saturated carbocycles. The first-order chi connectivity index (χ1) is 13.9. The molecular weight excluding hydrogens is 487 g/mol. The zero-order valence-electron chi connectivity index (χ0n) is 14.9. The van der Waals surface area contributed by atoms with E-state index in [0.717, 1.165) is 17.7 Å². The van der Waals surface area contributed by atoms with Crippen LogP contribution in [0.4, 0.5) is 23.7 Å². The second-order valence-electron chi connectivity index (χ2n) is 6.26. The predicted octanol–water partition coefficient (Wildman–Crippen LogP) is 6.43. The molecule has 2 amide bonds. The summed E-state index contributed by atoms with van der Waals surface area (Å²) in [6, 6.07) is 7.84. The number of aromatic nitrogens is 2. The lowest BCUT2D eigenvalue weighted by Gasteiger charge is -2.12. The third-order valence-corrected chi connectivity index (χ3v) is 4.91. The van der Waals surface area contributed by atoms with Gasteiger partial charge in [0.05, 0.1) is 21.6 Å². The lowest BCUT2D eigenvalue weighted by Crippen LogP contribution is -2.30. The average molecular weight is 500 g/mol. The molecular formula is C18H13Cl4F3N4O. The molecule has 0 atom stereocenters. The molecule has 2 aromatic carbocycles. The minimum atomic E-state index is -4.62. The van der Waals surface area contributed by atoms with Gasteiger partial charge in [0.2, 0.25) is 3.79 Å². The number of carbonyl (C=O) groups is 1. The first-order valence-corrected chi connectivity index (χ1v) is 9.92. The summed E-state index contributed by atoms with van der Waals surface area (Å²) >= 11 is 23.0. The molecule has 1 heterocycles. The maximum Gasteiger partial charge on any atom is 0.417 e. The van der Waals surface area contributed by atoms with Gasteiger partial charge in [-0.2, -0.15) is 13.2 Å². The van der Waals surface area contributed by atoms with Crippen molar-refractivity contribution in [2.75, 3.05) is 11.9 Å². The molecule has 0 unspecified atom stereocenters. The monoisotopic (exact) mass is 498 g/mol. The van der Waals surface area contributed by atoms with Crippen molar-refractivity contribution in [2.45, 2.75) is 16.4 Å². The fraction of sp³-hybridized carbons (Fsp3) is 0.222. The number of nitrogens with zero attached hydrogens (tertiary/aromatic N) is 1. The molecule has 3 N–H and O–H groups in total. The SMILES string of the molecule is O=C(NCCc1ccc2[nH]c(C(Cl)(Cl)Cl)nc2c1)Nc1ccc(Cl)c(C(F)(F)F)c1. The Kier molecular flexibility index (Phi) is 6.62. The predicted molar refractivity (Wildman–Crippen MR) is 113 cm³/mol. The first-order valence-electron chi connectivity index (χ1n) is 8.41. The molecule has 12 heteroatoms. The van der Waals surface area contributed by atoms with E-state index in [1.807, 2.05) is 6.07 Å². The van der Waals surface area contributed by atoms with Crippen LogP contribution < -0.4 is 10.6 Å². The van der Waals surface area contributed by atoms with Crippen LogP contribution in [0.2, 0.25) is 5.02 Å². The molecule has 0 aliphatic heterocycles. The van der Waals surface area contributed by atoms with E-state index in [0.29, 0.717) is 17.5 Å². The Labute approximate surface area is 188 Å². The highest BCUT2D eigenvalue weighted by Gasteiger charge is 2.33. The molecule has 0 bridgehead atoms. The van der Waals surface area contributed by atoms with Gasteiger partial charge in [-0.15, -0.1) is 0 Å². The molecule has 0 aliphatic rings. The van der Waals surface area contributed by atoms with Gasteiger partial charge in [-0.1, -0.05) is 52.5 Å². The number of H-pyrrole nitrogens is 1. The summed E-state index contributed by atoms with van der Waals surface area (Å²) in [5.74, 6) is 0.193. The summed E-state index contributed by atoms with van der Waals surface area (Å²) in [5.41, 5.74) is 1.09. The minimum absolute atomic E-state index is 0.0265. The quantitative estimate of drug-likeness (QED) is 0.362. The highest BCUT2D eigenvalue weighted by molar-refractivity contribution is 6.66. The van der Waals surface area contributed by atoms with Crippen molar-refractivity contribution >= 4 is 69.2 Å². The summed E-state index contributed by atoms with van der Waals surface area (Å²) in [6.45, 7) is 0.235. The maximum absolute atomic E-state index is 12.9. The van der Waals surface area contributed by atoms with Gasteiger partial charge in [0.15, 0.2) is 5.82 Å². The van der Waals surface area contributed by atoms with Crippen molar-refractivity contribution in [3.05, 3.63) is 58.4 Å². The molecule has 5 nitrogen and oxygen atoms in total. The fourth-order valence-electron chi connectivity index (χ4n) is 2.66. The number of alkyl halides is 6. The van der Waals surface area contributed by atoms with Crippen LogP contribution in [0, 0.1) is 0 Å². The molecule has 0 radical (unpaired) electrons. The number of halogens is 7. The number of fused-ring (bicyclic) bond motifs is 1. The van der Waals surface area contributed by atoms with Crippen molar-refractivity contribution in [1.82, 2.24) is 15.3 Å². The van der Waals surface area contributed by atoms with Crippen LogP contribution in [0.25, 0.3) is 11.0 Å². The van der Waals surface area contributed by atoms with Gasteiger partial charge in [-0.25, -0.2) is 9.78 Å². The number of amides is 2. The van der Waals surface area contributed by atoms with Gasteiger partial charge in [0, 0.05) is 12.2 Å². The topological polar surface area (TPSA) is 69.8 Å². The smallest absolute Gasteiger partial charge is 0.338 e. The largest absolute Gasteiger partial charge is 0.417 e. The summed E-state index contributed by atoms with van der Waals surface area (Å²) < 4.78 is 37.0. The van der Waals surface area contributed by atoms with Gasteiger partial charge in [-0.05, 0) is 42.3 Å². The maximum atomic E-state index is 12.9. The van der Waals surface area contributed by atoms with Crippen molar-refractivity contribution in [3.8, 4) is 0 Å². The van der Waals surface area contributed by atoms with Gasteiger partial charge in [0.25, 0.3) is 0 Å². The van der Waals surface area contributed by atoms with E-state index in [4.69, 9.17) is 46.4 Å². The van der Waals surface area contributed by atoms with Crippen molar-refractivity contribution in [1.29, 1.82) is 0 Å². The van der Waals surface area contributed by atoms with Crippen LogP contribution in [-0.2, 0) is 16.4 Å². The number of carbonyl (C=O) groups excluding carboxylic acids is 1. The van der Waals surface area contributed by atoms with E-state index in [1.54, 1.807) is 12.1 Å². The van der Waals surface area contributed by atoms with Crippen LogP contribution in [0.15, 0.2) is 36.4 Å². The molecule has 0 aliphatic carbocycles. The van der Waals surface area contributed by atoms with Crippen molar-refractivity contribution in [3.63, 3.8) is 0 Å². The van der Waals surface area contributed by atoms with Crippen LogP contribution in [0.3, 0.4) is 0 Å². The molecule has 0 saturated heterocycles. The standard InChI is InChI=1S/C18H13Cl4F3N4O/c19-12-3-2-10(8-11(12)18(23,24)25)27-16(30)26-6-5-9-1-4-13-14(7-9)29-15(28-13)17(20,21)22/h1-4,7-8H,5-6H2,(H,28,29)(H2,26,27,30). The zero-order valence-corrected chi connectivity index (χ0v) is 17.9. The van der Waals surface area contributed by atoms with Gasteiger partial charge in [0.1, 0.15) is 0 Å². The van der Waals surface area contributed by atoms with Gasteiger partial charge < -0.3 is 15.6 Å². The van der Waals surface area contributed by atoms with E-state index in [-0.39, 0.29) is 18.1 Å². The van der Waals surface area contributed by atoms with E-state index in [9.17, 15) is 18.0 Å². The number of benzene rings is 2. The third kappa shape index (κ3) is 5.63. The van der Waals surface area contributed by atoms with Gasteiger partial charge in [-0.3, -0.25) is 0 Å². The summed E-state index contributed by atoms with van der Waals surface area (Å²) in [7, 11) is 0. The average Bonchev–Trinajstić information content (AvgIpc) is 3.06. The zero-order chi connectivity index (χ0) is 22.1. The van der Waals surface area contributed by atoms with Crippen molar-refractivity contribution in [2.24, 2.45) is 0 Å². The van der Waals surface area contributed by atoms with Crippen LogP contribution in [0.5, 0.6) is 0 Å². The summed E-state index contributed by atoms with van der Waals surface area (Å²) in [4.78, 5) is 19.1. The number of nitrogens with one attached hydrogen (secondary N) is 3. The van der Waals surface area contributed by atoms with E-state index < -0.39 is 26.6 Å². The Morgan fingerprint density at radius 1 is 1.10 bits per heavy atom. The molecule has 0 spiro atoms. The highest BCUT2D eigenvalue weighted by Crippen LogP contribution is 2.37. The number of imidazole rings is 1. The second kappa shape index (κ2) is 8.70. The Hall–Kier alpha value is -1.87. The Morgan fingerprint density at radius 3 is 2.50 bits per heavy atom. The molecule has 1 aromatic heterocycles. The second-order valence-corrected chi connectivity index (χ2v) is 8.95. The van der Waals surface area contributed by atoms with E-state index in [2.05, 4.69) is 20.6 Å². The number of aromatic amines is 1. The first kappa shape index (κ1) is 22.8. The molecule has 160 valence electrons. The number of hydrogen-bond donors (Lipinski definition) is 3. The number of hydrogen-bond acceptors (Lipinski definition) is 2. The van der Waals surface area contributed by atoms with Crippen molar-refractivity contribution < 1.29 is 18.0 Å². The van der Waals surface area contributed by atoms with Gasteiger partial charge >= 0.3 is 12.2 Å². The molecule has 30 heavy (non-hydrogen) atoms. The van der Waals surface area contributed by atoms with Crippen LogP contribution >= 0.6 is 46.4 Å². The molecule has 0 fully saturated rings. The normalized spacial score (nSPS) is 12.2. The minimum Gasteiger partial charge on any atom is -0.338 e. The number of urea groups is 1. The Bertz CT molecular complexity index is 1080. The van der Waals surface area contributed by atoms with Crippen LogP contribution in [-0.4, -0.2) is 22.5 Å². The summed E-state index contributed by atoms with van der Waals surface area (Å²) in [5, 5.41) is 4.48. The summed E-state index contributed by atoms with van der Waals surface area (Å²) in [6.07, 6.45) is -4.17. The Balaban J connectivity index is 1.58. The Morgan fingerprint density at radius 2 is 1.83 bits per heavy atom. The van der Waals surface area contributed by atoms with Crippen LogP contribution in [0.1, 0.15) is 17.0 Å². The highest BCUT2D eigenvalue weighted by atomic mass is 35.6. The molecule has 3 aromatic rings. The number of rotatable bonds is 4. The molecule has 3 rings (SSSR count). The van der Waals surface area contributed by atoms with E-state index >= 15 is 0 Å². The lowest BCUT2D eigenvalue weighted by molar-refractivity contribution is -0.137. The fourth-order valence-corrected chi connectivity index (χ4v) is 3.15. The lowest BCUT2D eigenvalue weighted by atomic mass is 10.1. The third-order valence-electron chi connectivity index (χ3n) is 4.04. The number of anilines is 1. The van der Waals surface area contributed by atoms with E-state index in [1.165, 1.54) is 6.07 Å².